The number of carbonyl (C=O) groups excluding carboxylic acids is 1. The summed E-state index contributed by atoms with van der Waals surface area (Å²) in [4.78, 5) is 12.3. The van der Waals surface area contributed by atoms with Crippen LogP contribution in [0.1, 0.15) is 39.0 Å². The molecule has 3 heteroatoms. The van der Waals surface area contributed by atoms with Crippen molar-refractivity contribution in [1.29, 1.82) is 0 Å². The molecule has 17 heavy (non-hydrogen) atoms. The number of hydrogen-bond donors (Lipinski definition) is 2. The quantitative estimate of drug-likeness (QED) is 0.782. The minimum Gasteiger partial charge on any atom is -0.394 e. The van der Waals surface area contributed by atoms with Crippen LogP contribution in [0, 0.1) is 29.6 Å². The van der Waals surface area contributed by atoms with Crippen molar-refractivity contribution < 1.29 is 9.90 Å². The van der Waals surface area contributed by atoms with E-state index in [1.165, 1.54) is 32.1 Å². The Bertz CT molecular complexity index is 287. The number of aliphatic hydroxyl groups is 1. The first-order valence-corrected chi connectivity index (χ1v) is 7.08. The van der Waals surface area contributed by atoms with Gasteiger partial charge in [-0.05, 0) is 62.7 Å². The summed E-state index contributed by atoms with van der Waals surface area (Å²) >= 11 is 0. The van der Waals surface area contributed by atoms with Crippen molar-refractivity contribution in [3.63, 3.8) is 0 Å². The molecule has 1 atom stereocenters. The normalized spacial score (nSPS) is 44.7. The van der Waals surface area contributed by atoms with Gasteiger partial charge in [-0.2, -0.15) is 0 Å². The Morgan fingerprint density at radius 3 is 2.18 bits per heavy atom. The molecule has 1 unspecified atom stereocenters. The number of hydrogen-bond acceptors (Lipinski definition) is 2. The van der Waals surface area contributed by atoms with E-state index >= 15 is 0 Å². The van der Waals surface area contributed by atoms with Crippen LogP contribution >= 0.6 is 0 Å². The van der Waals surface area contributed by atoms with Gasteiger partial charge in [0.1, 0.15) is 0 Å². The molecule has 1 amide bonds. The molecule has 4 bridgehead atoms. The van der Waals surface area contributed by atoms with Gasteiger partial charge in [-0.3, -0.25) is 4.79 Å². The van der Waals surface area contributed by atoms with Gasteiger partial charge in [0, 0.05) is 12.0 Å². The maximum absolute atomic E-state index is 12.3. The maximum Gasteiger partial charge on any atom is 0.223 e. The zero-order valence-electron chi connectivity index (χ0n) is 10.6. The molecule has 0 aliphatic heterocycles. The van der Waals surface area contributed by atoms with Gasteiger partial charge in [0.05, 0.1) is 6.61 Å². The highest BCUT2D eigenvalue weighted by Crippen LogP contribution is 2.56. The van der Waals surface area contributed by atoms with Crippen LogP contribution in [0.25, 0.3) is 0 Å². The van der Waals surface area contributed by atoms with Gasteiger partial charge in [0.2, 0.25) is 5.91 Å². The van der Waals surface area contributed by atoms with Crippen LogP contribution in [0.2, 0.25) is 0 Å². The minimum absolute atomic E-state index is 0.0407. The Morgan fingerprint density at radius 1 is 1.18 bits per heavy atom. The van der Waals surface area contributed by atoms with Crippen LogP contribution in [0.3, 0.4) is 0 Å². The second-order valence-electron chi connectivity index (χ2n) is 6.55. The first kappa shape index (κ1) is 11.5. The third-order valence-electron chi connectivity index (χ3n) is 5.19. The number of aliphatic hydroxyl groups excluding tert-OH is 1. The van der Waals surface area contributed by atoms with Crippen molar-refractivity contribution in [2.75, 3.05) is 6.61 Å². The van der Waals surface area contributed by atoms with Crippen LogP contribution < -0.4 is 5.32 Å². The lowest BCUT2D eigenvalue weighted by molar-refractivity contribution is -0.139. The monoisotopic (exact) mass is 237 g/mol. The van der Waals surface area contributed by atoms with Crippen LogP contribution in [-0.4, -0.2) is 23.7 Å². The molecular formula is C14H23NO2. The molecule has 4 aliphatic rings. The van der Waals surface area contributed by atoms with Gasteiger partial charge in [-0.1, -0.05) is 0 Å². The van der Waals surface area contributed by atoms with E-state index in [0.29, 0.717) is 11.8 Å². The van der Waals surface area contributed by atoms with Crippen molar-refractivity contribution in [3.05, 3.63) is 0 Å². The van der Waals surface area contributed by atoms with Crippen molar-refractivity contribution in [3.8, 4) is 0 Å². The fourth-order valence-corrected chi connectivity index (χ4v) is 4.74. The molecule has 4 fully saturated rings. The van der Waals surface area contributed by atoms with E-state index in [2.05, 4.69) is 5.32 Å². The molecular weight excluding hydrogens is 214 g/mol. The van der Waals surface area contributed by atoms with E-state index in [1.807, 2.05) is 6.92 Å². The van der Waals surface area contributed by atoms with Gasteiger partial charge in [0.25, 0.3) is 0 Å². The summed E-state index contributed by atoms with van der Waals surface area (Å²) in [5.74, 6) is 3.56. The summed E-state index contributed by atoms with van der Waals surface area (Å²) in [7, 11) is 0. The van der Waals surface area contributed by atoms with E-state index in [-0.39, 0.29) is 24.5 Å². The van der Waals surface area contributed by atoms with Gasteiger partial charge < -0.3 is 10.4 Å². The minimum atomic E-state index is -0.0975. The van der Waals surface area contributed by atoms with Gasteiger partial charge >= 0.3 is 0 Å². The van der Waals surface area contributed by atoms with E-state index in [4.69, 9.17) is 5.11 Å². The molecule has 96 valence electrons. The Labute approximate surface area is 103 Å². The lowest BCUT2D eigenvalue weighted by Gasteiger charge is -2.53. The highest BCUT2D eigenvalue weighted by atomic mass is 16.3. The molecule has 2 N–H and O–H groups in total. The second kappa shape index (κ2) is 4.27. The Morgan fingerprint density at radius 2 is 1.71 bits per heavy atom. The predicted molar refractivity (Wildman–Crippen MR) is 65.2 cm³/mol. The zero-order valence-corrected chi connectivity index (χ0v) is 10.6. The number of carbonyl (C=O) groups is 1. The van der Waals surface area contributed by atoms with Crippen LogP contribution in [0.4, 0.5) is 0 Å². The smallest absolute Gasteiger partial charge is 0.223 e. The van der Waals surface area contributed by atoms with Gasteiger partial charge in [0.15, 0.2) is 0 Å². The van der Waals surface area contributed by atoms with Gasteiger partial charge in [-0.25, -0.2) is 0 Å². The summed E-state index contributed by atoms with van der Waals surface area (Å²) in [6, 6.07) is -0.0975. The largest absolute Gasteiger partial charge is 0.394 e. The standard InChI is InChI=1S/C14H23NO2/c1-8(7-16)15-14(17)13-11-3-9-2-10(5-11)6-12(13)4-9/h8-13,16H,2-7H2,1H3,(H,15,17). The molecule has 0 aromatic carbocycles. The molecule has 4 rings (SSSR count). The predicted octanol–water partition coefficient (Wildman–Crippen LogP) is 1.56. The molecule has 4 saturated carbocycles. The van der Waals surface area contributed by atoms with Crippen LogP contribution in [0.5, 0.6) is 0 Å². The summed E-state index contributed by atoms with van der Waals surface area (Å²) < 4.78 is 0. The fraction of sp³-hybridized carbons (Fsp3) is 0.929. The maximum atomic E-state index is 12.3. The molecule has 0 spiro atoms. The van der Waals surface area contributed by atoms with Crippen molar-refractivity contribution in [1.82, 2.24) is 5.32 Å². The highest BCUT2D eigenvalue weighted by molar-refractivity contribution is 5.80. The topological polar surface area (TPSA) is 49.3 Å². The summed E-state index contributed by atoms with van der Waals surface area (Å²) in [6.45, 7) is 1.91. The summed E-state index contributed by atoms with van der Waals surface area (Å²) in [5, 5.41) is 12.0. The summed E-state index contributed by atoms with van der Waals surface area (Å²) in [6.07, 6.45) is 6.53. The molecule has 0 radical (unpaired) electrons. The van der Waals surface area contributed by atoms with Crippen molar-refractivity contribution >= 4 is 5.91 Å². The molecule has 0 aromatic heterocycles. The molecule has 0 aromatic rings. The SMILES string of the molecule is CC(CO)NC(=O)C1C2CC3CC(C2)CC1C3. The Hall–Kier alpha value is -0.570. The molecule has 3 nitrogen and oxygen atoms in total. The number of amides is 1. The number of rotatable bonds is 3. The van der Waals surface area contributed by atoms with E-state index in [1.54, 1.807) is 0 Å². The van der Waals surface area contributed by atoms with Crippen molar-refractivity contribution in [2.24, 2.45) is 29.6 Å². The van der Waals surface area contributed by atoms with E-state index < -0.39 is 0 Å². The average Bonchev–Trinajstić information content (AvgIpc) is 2.27. The van der Waals surface area contributed by atoms with Crippen LogP contribution in [-0.2, 0) is 4.79 Å². The Kier molecular flexibility index (Phi) is 2.89. The lowest BCUT2D eigenvalue weighted by atomic mass is 9.51. The zero-order chi connectivity index (χ0) is 12.0. The average molecular weight is 237 g/mol. The lowest BCUT2D eigenvalue weighted by Crippen LogP contribution is -2.52. The van der Waals surface area contributed by atoms with Gasteiger partial charge in [-0.15, -0.1) is 0 Å². The second-order valence-corrected chi connectivity index (χ2v) is 6.55. The van der Waals surface area contributed by atoms with E-state index in [9.17, 15) is 4.79 Å². The van der Waals surface area contributed by atoms with E-state index in [0.717, 1.165) is 11.8 Å². The third kappa shape index (κ3) is 1.99. The first-order chi connectivity index (χ1) is 8.17. The molecule has 0 saturated heterocycles. The number of nitrogens with one attached hydrogen (secondary N) is 1. The first-order valence-electron chi connectivity index (χ1n) is 7.08. The fourth-order valence-electron chi connectivity index (χ4n) is 4.74. The Balaban J connectivity index is 1.69. The van der Waals surface area contributed by atoms with Crippen LogP contribution in [0.15, 0.2) is 0 Å². The molecule has 0 heterocycles. The summed E-state index contributed by atoms with van der Waals surface area (Å²) in [5.41, 5.74) is 0. The third-order valence-corrected chi connectivity index (χ3v) is 5.19. The molecule has 4 aliphatic carbocycles. The highest BCUT2D eigenvalue weighted by Gasteiger charge is 2.50. The van der Waals surface area contributed by atoms with Crippen molar-refractivity contribution in [2.45, 2.75) is 45.1 Å².